The molecule has 126 valence electrons. The van der Waals surface area contributed by atoms with E-state index in [1.165, 1.54) is 57.2 Å². The van der Waals surface area contributed by atoms with Crippen LogP contribution in [0.3, 0.4) is 0 Å². The predicted octanol–water partition coefficient (Wildman–Crippen LogP) is 2.26. The second kappa shape index (κ2) is 6.88. The van der Waals surface area contributed by atoms with Crippen LogP contribution in [0.4, 0.5) is 0 Å². The number of aromatic nitrogens is 1. The molecule has 4 heterocycles. The van der Waals surface area contributed by atoms with Crippen molar-refractivity contribution < 1.29 is 0 Å². The standard InChI is InChI=1S/C19H30N4/c1-22-18-2-3-19(22)13-17(12-18)21-16-6-10-23(11-7-16)14-15-4-8-20-9-5-15/h4-5,8-9,16-19,21H,2-3,6-7,10-14H2,1H3. The monoisotopic (exact) mass is 314 g/mol. The van der Waals surface area contributed by atoms with E-state index in [9.17, 15) is 0 Å². The first-order valence-electron chi connectivity index (χ1n) is 9.37. The van der Waals surface area contributed by atoms with E-state index in [0.29, 0.717) is 0 Å². The Hall–Kier alpha value is -0.970. The lowest BCUT2D eigenvalue weighted by Gasteiger charge is -2.40. The topological polar surface area (TPSA) is 31.4 Å². The fourth-order valence-corrected chi connectivity index (χ4v) is 4.89. The van der Waals surface area contributed by atoms with Crippen molar-refractivity contribution in [1.29, 1.82) is 0 Å². The van der Waals surface area contributed by atoms with Crippen LogP contribution < -0.4 is 5.32 Å². The Balaban J connectivity index is 1.23. The van der Waals surface area contributed by atoms with Crippen molar-refractivity contribution in [3.05, 3.63) is 30.1 Å². The van der Waals surface area contributed by atoms with Gasteiger partial charge in [-0.25, -0.2) is 0 Å². The van der Waals surface area contributed by atoms with E-state index < -0.39 is 0 Å². The zero-order valence-electron chi connectivity index (χ0n) is 14.3. The van der Waals surface area contributed by atoms with Crippen LogP contribution in [0.25, 0.3) is 0 Å². The van der Waals surface area contributed by atoms with E-state index >= 15 is 0 Å². The average molecular weight is 314 g/mol. The van der Waals surface area contributed by atoms with Gasteiger partial charge in [-0.2, -0.15) is 0 Å². The van der Waals surface area contributed by atoms with Gasteiger partial charge in [0.25, 0.3) is 0 Å². The van der Waals surface area contributed by atoms with Gasteiger partial charge in [0.1, 0.15) is 0 Å². The number of fused-ring (bicyclic) bond motifs is 2. The zero-order valence-corrected chi connectivity index (χ0v) is 14.3. The Bertz CT molecular complexity index is 483. The molecule has 2 atom stereocenters. The SMILES string of the molecule is CN1C2CCC1CC(NC1CCN(Cc3ccncc3)CC1)C2. The van der Waals surface area contributed by atoms with Crippen LogP contribution in [0.15, 0.2) is 24.5 Å². The third-order valence-electron chi connectivity index (χ3n) is 6.31. The summed E-state index contributed by atoms with van der Waals surface area (Å²) in [6, 6.07) is 7.46. The van der Waals surface area contributed by atoms with Gasteiger partial charge < -0.3 is 10.2 Å². The predicted molar refractivity (Wildman–Crippen MR) is 93.3 cm³/mol. The van der Waals surface area contributed by atoms with Crippen molar-refractivity contribution in [2.45, 2.75) is 69.2 Å². The highest BCUT2D eigenvalue weighted by Crippen LogP contribution is 2.34. The molecule has 3 aliphatic rings. The smallest absolute Gasteiger partial charge is 0.0271 e. The van der Waals surface area contributed by atoms with E-state index in [1.807, 2.05) is 12.4 Å². The molecule has 3 aliphatic heterocycles. The summed E-state index contributed by atoms with van der Waals surface area (Å²) in [4.78, 5) is 9.33. The second-order valence-corrected chi connectivity index (χ2v) is 7.79. The molecule has 1 N–H and O–H groups in total. The van der Waals surface area contributed by atoms with Crippen molar-refractivity contribution >= 4 is 0 Å². The van der Waals surface area contributed by atoms with E-state index in [2.05, 4.69) is 39.3 Å². The van der Waals surface area contributed by atoms with Crippen LogP contribution in [-0.4, -0.2) is 59.1 Å². The normalized spacial score (nSPS) is 33.2. The van der Waals surface area contributed by atoms with E-state index in [4.69, 9.17) is 0 Å². The molecule has 0 aromatic carbocycles. The molecule has 0 spiro atoms. The number of hydrogen-bond donors (Lipinski definition) is 1. The summed E-state index contributed by atoms with van der Waals surface area (Å²) in [5.41, 5.74) is 1.39. The molecule has 23 heavy (non-hydrogen) atoms. The molecule has 1 aromatic rings. The van der Waals surface area contributed by atoms with Crippen LogP contribution >= 0.6 is 0 Å². The Morgan fingerprint density at radius 3 is 2.30 bits per heavy atom. The Morgan fingerprint density at radius 1 is 1.00 bits per heavy atom. The highest BCUT2D eigenvalue weighted by atomic mass is 15.2. The molecule has 4 nitrogen and oxygen atoms in total. The van der Waals surface area contributed by atoms with Gasteiger partial charge in [0.05, 0.1) is 0 Å². The number of hydrogen-bond acceptors (Lipinski definition) is 4. The number of pyridine rings is 1. The third kappa shape index (κ3) is 3.59. The summed E-state index contributed by atoms with van der Waals surface area (Å²) >= 11 is 0. The molecule has 0 aliphatic carbocycles. The largest absolute Gasteiger partial charge is 0.311 e. The Labute approximate surface area is 140 Å². The fraction of sp³-hybridized carbons (Fsp3) is 0.737. The summed E-state index contributed by atoms with van der Waals surface area (Å²) in [5, 5.41) is 4.00. The zero-order chi connectivity index (χ0) is 15.6. The van der Waals surface area contributed by atoms with Crippen LogP contribution in [-0.2, 0) is 6.54 Å². The minimum atomic E-state index is 0.733. The molecule has 2 unspecified atom stereocenters. The van der Waals surface area contributed by atoms with Crippen molar-refractivity contribution in [2.24, 2.45) is 0 Å². The first-order valence-corrected chi connectivity index (χ1v) is 9.37. The van der Waals surface area contributed by atoms with Gasteiger partial charge in [-0.15, -0.1) is 0 Å². The van der Waals surface area contributed by atoms with Gasteiger partial charge in [0.15, 0.2) is 0 Å². The number of likely N-dealkylation sites (tertiary alicyclic amines) is 1. The lowest BCUT2D eigenvalue weighted by Crippen LogP contribution is -2.52. The molecule has 3 fully saturated rings. The molecular weight excluding hydrogens is 284 g/mol. The van der Waals surface area contributed by atoms with Crippen molar-refractivity contribution in [3.8, 4) is 0 Å². The molecule has 3 saturated heterocycles. The maximum Gasteiger partial charge on any atom is 0.0271 e. The summed E-state index contributed by atoms with van der Waals surface area (Å²) in [6.07, 6.45) is 12.0. The quantitative estimate of drug-likeness (QED) is 0.924. The van der Waals surface area contributed by atoms with Gasteiger partial charge in [-0.05, 0) is 76.4 Å². The van der Waals surface area contributed by atoms with Crippen molar-refractivity contribution in [1.82, 2.24) is 20.1 Å². The minimum absolute atomic E-state index is 0.733. The highest BCUT2D eigenvalue weighted by Gasteiger charge is 2.38. The van der Waals surface area contributed by atoms with Gasteiger partial charge >= 0.3 is 0 Å². The molecule has 1 aromatic heterocycles. The van der Waals surface area contributed by atoms with Gasteiger partial charge in [-0.1, -0.05) is 0 Å². The molecule has 0 amide bonds. The van der Waals surface area contributed by atoms with Crippen molar-refractivity contribution in [3.63, 3.8) is 0 Å². The van der Waals surface area contributed by atoms with Crippen LogP contribution in [0.5, 0.6) is 0 Å². The van der Waals surface area contributed by atoms with Gasteiger partial charge in [0, 0.05) is 43.1 Å². The molecule has 0 saturated carbocycles. The molecule has 0 radical (unpaired) electrons. The van der Waals surface area contributed by atoms with E-state index in [1.54, 1.807) is 0 Å². The summed E-state index contributed by atoms with van der Waals surface area (Å²) in [7, 11) is 2.33. The third-order valence-corrected chi connectivity index (χ3v) is 6.31. The molecule has 4 rings (SSSR count). The number of nitrogens with zero attached hydrogens (tertiary/aromatic N) is 3. The van der Waals surface area contributed by atoms with E-state index in [0.717, 1.165) is 30.7 Å². The first kappa shape index (κ1) is 15.6. The van der Waals surface area contributed by atoms with Crippen molar-refractivity contribution in [2.75, 3.05) is 20.1 Å². The number of piperidine rings is 2. The molecule has 2 bridgehead atoms. The average Bonchev–Trinajstić information content (AvgIpc) is 2.79. The molecule has 4 heteroatoms. The van der Waals surface area contributed by atoms with Crippen LogP contribution in [0.1, 0.15) is 44.1 Å². The summed E-state index contributed by atoms with van der Waals surface area (Å²) < 4.78 is 0. The second-order valence-electron chi connectivity index (χ2n) is 7.79. The maximum atomic E-state index is 4.11. The van der Waals surface area contributed by atoms with Gasteiger partial charge in [0.2, 0.25) is 0 Å². The molecular formula is C19H30N4. The lowest BCUT2D eigenvalue weighted by atomic mass is 9.95. The summed E-state index contributed by atoms with van der Waals surface area (Å²) in [5.74, 6) is 0. The maximum absolute atomic E-state index is 4.11. The van der Waals surface area contributed by atoms with Gasteiger partial charge in [-0.3, -0.25) is 9.88 Å². The lowest BCUT2D eigenvalue weighted by molar-refractivity contribution is 0.127. The first-order chi connectivity index (χ1) is 11.3. The number of rotatable bonds is 4. The Morgan fingerprint density at radius 2 is 1.65 bits per heavy atom. The van der Waals surface area contributed by atoms with Crippen LogP contribution in [0.2, 0.25) is 0 Å². The highest BCUT2D eigenvalue weighted by molar-refractivity contribution is 5.09. The summed E-state index contributed by atoms with van der Waals surface area (Å²) in [6.45, 7) is 3.52. The Kier molecular flexibility index (Phi) is 4.65. The minimum Gasteiger partial charge on any atom is -0.311 e. The van der Waals surface area contributed by atoms with Crippen LogP contribution in [0, 0.1) is 0 Å². The number of nitrogens with one attached hydrogen (secondary N) is 1. The van der Waals surface area contributed by atoms with E-state index in [-0.39, 0.29) is 0 Å². The fourth-order valence-electron chi connectivity index (χ4n) is 4.89.